The van der Waals surface area contributed by atoms with Crippen LogP contribution >= 0.6 is 0 Å². The Hall–Kier alpha value is -3.71. The van der Waals surface area contributed by atoms with E-state index in [1.807, 2.05) is 34.3 Å². The number of nitrogens with zero attached hydrogens (tertiary/aromatic N) is 9. The number of hydrogen-bond acceptors (Lipinski definition) is 7. The zero-order valence-electron chi connectivity index (χ0n) is 21.6. The van der Waals surface area contributed by atoms with Gasteiger partial charge in [-0.2, -0.15) is 15.5 Å². The van der Waals surface area contributed by atoms with Crippen molar-refractivity contribution in [1.82, 2.24) is 33.7 Å². The molecule has 1 fully saturated rings. The maximum atomic E-state index is 12.8. The van der Waals surface area contributed by atoms with Gasteiger partial charge in [0.1, 0.15) is 11.5 Å². The van der Waals surface area contributed by atoms with Crippen molar-refractivity contribution in [1.29, 1.82) is 5.26 Å². The van der Waals surface area contributed by atoms with Crippen molar-refractivity contribution in [2.45, 2.75) is 65.1 Å². The third-order valence-electron chi connectivity index (χ3n) is 7.39. The van der Waals surface area contributed by atoms with Crippen LogP contribution < -0.4 is 10.5 Å². The van der Waals surface area contributed by atoms with Gasteiger partial charge in [0, 0.05) is 56.6 Å². The second kappa shape index (κ2) is 9.39. The summed E-state index contributed by atoms with van der Waals surface area (Å²) in [7, 11) is 1.74. The maximum absolute atomic E-state index is 12.8. The minimum atomic E-state index is -0.0800. The SMILES string of the molecule is CCC(c1ccn2nc(C)cc2n1)N1C[C@H](C)N(c2cc(=O)n(C)c3cc(CC#N)nn23)C[C@H]1CC. The number of anilines is 1. The zero-order chi connectivity index (χ0) is 25.6. The summed E-state index contributed by atoms with van der Waals surface area (Å²) in [6.45, 7) is 10.2. The van der Waals surface area contributed by atoms with Gasteiger partial charge in [0.25, 0.3) is 5.56 Å². The van der Waals surface area contributed by atoms with Crippen molar-refractivity contribution in [3.63, 3.8) is 0 Å². The standard InChI is InChI=1S/C26H33N9O/c1-6-20-16-32(25-14-26(36)31(5)24-13-19(8-10-27)30-35(24)25)18(4)15-33(20)22(7-2)21-9-11-34-23(28-21)12-17(3)29-34/h9,11-14,18,20,22H,6-8,15-16H2,1-5H3/t18-,20+,22?/m0/s1. The summed E-state index contributed by atoms with van der Waals surface area (Å²) in [6, 6.07) is 10.4. The van der Waals surface area contributed by atoms with E-state index in [1.165, 1.54) is 0 Å². The lowest BCUT2D eigenvalue weighted by Gasteiger charge is -2.48. The van der Waals surface area contributed by atoms with Crippen molar-refractivity contribution in [3.05, 3.63) is 57.9 Å². The molecule has 5 rings (SSSR count). The average Bonchev–Trinajstić information content (AvgIpc) is 3.45. The summed E-state index contributed by atoms with van der Waals surface area (Å²) in [5.74, 6) is 0.783. The van der Waals surface area contributed by atoms with Gasteiger partial charge in [0.05, 0.1) is 35.6 Å². The highest BCUT2D eigenvalue weighted by Gasteiger charge is 2.36. The monoisotopic (exact) mass is 487 g/mol. The summed E-state index contributed by atoms with van der Waals surface area (Å²) in [6.07, 6.45) is 4.14. The van der Waals surface area contributed by atoms with Crippen molar-refractivity contribution < 1.29 is 0 Å². The number of aryl methyl sites for hydroxylation is 2. The highest BCUT2D eigenvalue weighted by molar-refractivity contribution is 5.52. The summed E-state index contributed by atoms with van der Waals surface area (Å²) in [5.41, 5.74) is 4.18. The third-order valence-corrected chi connectivity index (χ3v) is 7.39. The fourth-order valence-corrected chi connectivity index (χ4v) is 5.52. The first-order chi connectivity index (χ1) is 17.3. The smallest absolute Gasteiger partial charge is 0.255 e. The van der Waals surface area contributed by atoms with Crippen molar-refractivity contribution >= 4 is 17.1 Å². The lowest BCUT2D eigenvalue weighted by Crippen LogP contribution is -2.58. The second-order valence-corrected chi connectivity index (χ2v) is 9.77. The van der Waals surface area contributed by atoms with Crippen molar-refractivity contribution in [2.24, 2.45) is 7.05 Å². The number of piperazine rings is 1. The van der Waals surface area contributed by atoms with E-state index >= 15 is 0 Å². The summed E-state index contributed by atoms with van der Waals surface area (Å²) < 4.78 is 5.24. The molecule has 10 heteroatoms. The molecule has 0 saturated carbocycles. The lowest BCUT2D eigenvalue weighted by molar-refractivity contribution is 0.0915. The second-order valence-electron chi connectivity index (χ2n) is 9.77. The molecule has 36 heavy (non-hydrogen) atoms. The van der Waals surface area contributed by atoms with Crippen LogP contribution in [0.1, 0.15) is 56.7 Å². The normalized spacial score (nSPS) is 19.7. The highest BCUT2D eigenvalue weighted by Crippen LogP contribution is 2.32. The van der Waals surface area contributed by atoms with Crippen LogP contribution in [0.4, 0.5) is 5.82 Å². The predicted octanol–water partition coefficient (Wildman–Crippen LogP) is 2.89. The summed E-state index contributed by atoms with van der Waals surface area (Å²) >= 11 is 0. The molecular weight excluding hydrogens is 454 g/mol. The molecule has 10 nitrogen and oxygen atoms in total. The highest BCUT2D eigenvalue weighted by atomic mass is 16.1. The molecule has 1 unspecified atom stereocenters. The molecule has 0 bridgehead atoms. The van der Waals surface area contributed by atoms with Crippen molar-refractivity contribution in [3.8, 4) is 6.07 Å². The Morgan fingerprint density at radius 2 is 2.00 bits per heavy atom. The summed E-state index contributed by atoms with van der Waals surface area (Å²) in [4.78, 5) is 22.7. The van der Waals surface area contributed by atoms with E-state index in [4.69, 9.17) is 10.2 Å². The lowest BCUT2D eigenvalue weighted by atomic mass is 9.99. The molecule has 3 atom stereocenters. The Morgan fingerprint density at radius 1 is 1.19 bits per heavy atom. The Labute approximate surface area is 210 Å². The van der Waals surface area contributed by atoms with Crippen LogP contribution in [0.3, 0.4) is 0 Å². The molecule has 188 valence electrons. The molecule has 0 amide bonds. The van der Waals surface area contributed by atoms with Gasteiger partial charge in [0.2, 0.25) is 0 Å². The van der Waals surface area contributed by atoms with Crippen LogP contribution in [-0.2, 0) is 13.5 Å². The largest absolute Gasteiger partial charge is 0.351 e. The average molecular weight is 488 g/mol. The van der Waals surface area contributed by atoms with E-state index in [9.17, 15) is 4.79 Å². The van der Waals surface area contributed by atoms with E-state index in [0.29, 0.717) is 11.3 Å². The van der Waals surface area contributed by atoms with E-state index in [-0.39, 0.29) is 30.1 Å². The van der Waals surface area contributed by atoms with Crippen LogP contribution in [-0.4, -0.2) is 58.9 Å². The minimum Gasteiger partial charge on any atom is -0.351 e. The first kappa shape index (κ1) is 24.0. The Bertz CT molecular complexity index is 1510. The van der Waals surface area contributed by atoms with E-state index in [0.717, 1.165) is 48.8 Å². The van der Waals surface area contributed by atoms with Gasteiger partial charge in [-0.1, -0.05) is 13.8 Å². The number of aromatic nitrogens is 6. The molecule has 1 aliphatic rings. The van der Waals surface area contributed by atoms with E-state index < -0.39 is 0 Å². The minimum absolute atomic E-state index is 0.0800. The Morgan fingerprint density at radius 3 is 2.72 bits per heavy atom. The van der Waals surface area contributed by atoms with Gasteiger partial charge in [-0.15, -0.1) is 0 Å². The number of nitriles is 1. The van der Waals surface area contributed by atoms with Crippen LogP contribution in [0.2, 0.25) is 0 Å². The zero-order valence-corrected chi connectivity index (χ0v) is 21.6. The predicted molar refractivity (Wildman–Crippen MR) is 138 cm³/mol. The van der Waals surface area contributed by atoms with Crippen molar-refractivity contribution in [2.75, 3.05) is 18.0 Å². The molecule has 0 spiro atoms. The van der Waals surface area contributed by atoms with Crippen LogP contribution in [0, 0.1) is 18.3 Å². The molecule has 0 aliphatic carbocycles. The van der Waals surface area contributed by atoms with Gasteiger partial charge in [-0.25, -0.2) is 14.0 Å². The molecule has 0 radical (unpaired) electrons. The maximum Gasteiger partial charge on any atom is 0.255 e. The van der Waals surface area contributed by atoms with E-state index in [1.54, 1.807) is 17.7 Å². The molecule has 0 aromatic carbocycles. The molecule has 1 saturated heterocycles. The van der Waals surface area contributed by atoms with Gasteiger partial charge in [-0.3, -0.25) is 14.3 Å². The number of fused-ring (bicyclic) bond motifs is 2. The molecule has 1 aliphatic heterocycles. The molecule has 4 aromatic heterocycles. The first-order valence-corrected chi connectivity index (χ1v) is 12.7. The van der Waals surface area contributed by atoms with Crippen LogP contribution in [0.5, 0.6) is 0 Å². The fraction of sp³-hybridized carbons (Fsp3) is 0.500. The number of hydrogen-bond donors (Lipinski definition) is 0. The number of rotatable bonds is 6. The van der Waals surface area contributed by atoms with Gasteiger partial charge < -0.3 is 4.90 Å². The fourth-order valence-electron chi connectivity index (χ4n) is 5.52. The Kier molecular flexibility index (Phi) is 6.26. The molecule has 5 heterocycles. The third kappa shape index (κ3) is 4.03. The van der Waals surface area contributed by atoms with Gasteiger partial charge >= 0.3 is 0 Å². The molecule has 0 N–H and O–H groups in total. The van der Waals surface area contributed by atoms with Crippen LogP contribution in [0.15, 0.2) is 35.3 Å². The first-order valence-electron chi connectivity index (χ1n) is 12.7. The van der Waals surface area contributed by atoms with Gasteiger partial charge in [-0.05, 0) is 32.8 Å². The molecule has 4 aromatic rings. The summed E-state index contributed by atoms with van der Waals surface area (Å²) in [5, 5.41) is 18.3. The van der Waals surface area contributed by atoms with Crippen LogP contribution in [0.25, 0.3) is 11.3 Å². The Balaban J connectivity index is 1.50. The van der Waals surface area contributed by atoms with Gasteiger partial charge in [0.15, 0.2) is 5.65 Å². The van der Waals surface area contributed by atoms with E-state index in [2.05, 4.69) is 52.9 Å². The molecular formula is C26H33N9O. The quantitative estimate of drug-likeness (QED) is 0.412. The topological polar surface area (TPSA) is 99.8 Å².